The molecule has 45 heavy (non-hydrogen) atoms. The van der Waals surface area contributed by atoms with Gasteiger partial charge in [0.05, 0.1) is 26.6 Å². The van der Waals surface area contributed by atoms with Gasteiger partial charge in [-0.1, -0.05) is 35.3 Å². The largest absolute Gasteiger partial charge is 0.444 e. The molecule has 1 saturated heterocycles. The van der Waals surface area contributed by atoms with Crippen LogP contribution in [-0.2, 0) is 4.74 Å². The Morgan fingerprint density at radius 2 is 1.64 bits per heavy atom. The molecule has 1 aliphatic rings. The molecular formula is C33H31Cl2N7O3. The fourth-order valence-corrected chi connectivity index (χ4v) is 5.74. The number of halogens is 2. The van der Waals surface area contributed by atoms with Gasteiger partial charge in [-0.05, 0) is 63.2 Å². The zero-order chi connectivity index (χ0) is 31.7. The van der Waals surface area contributed by atoms with Gasteiger partial charge in [-0.2, -0.15) is 0 Å². The fourth-order valence-electron chi connectivity index (χ4n) is 5.16. The van der Waals surface area contributed by atoms with Gasteiger partial charge < -0.3 is 19.9 Å². The molecule has 12 heteroatoms. The Hall–Kier alpha value is -4.67. The number of nitrogens with one attached hydrogen (secondary N) is 1. The molecule has 1 N–H and O–H groups in total. The van der Waals surface area contributed by atoms with Crippen molar-refractivity contribution in [2.75, 3.05) is 36.4 Å². The second kappa shape index (κ2) is 12.4. The van der Waals surface area contributed by atoms with Crippen molar-refractivity contribution in [2.24, 2.45) is 0 Å². The maximum absolute atomic E-state index is 13.7. The van der Waals surface area contributed by atoms with E-state index in [1.165, 1.54) is 10.8 Å². The van der Waals surface area contributed by atoms with Gasteiger partial charge in [-0.15, -0.1) is 0 Å². The van der Waals surface area contributed by atoms with E-state index in [0.29, 0.717) is 64.3 Å². The summed E-state index contributed by atoms with van der Waals surface area (Å²) in [6.45, 7) is 8.19. The molecule has 4 heterocycles. The van der Waals surface area contributed by atoms with Crippen LogP contribution in [0.1, 0.15) is 20.8 Å². The zero-order valence-electron chi connectivity index (χ0n) is 25.0. The van der Waals surface area contributed by atoms with E-state index < -0.39 is 5.60 Å². The Bertz CT molecular complexity index is 1900. The Kier molecular flexibility index (Phi) is 8.35. The van der Waals surface area contributed by atoms with E-state index >= 15 is 0 Å². The van der Waals surface area contributed by atoms with Crippen molar-refractivity contribution in [1.82, 2.24) is 24.4 Å². The SMILES string of the molecule is CC(C)(C)OC(=O)N1CCN(c2ccc(Nc3ncc4c(=O)n(-c5c(Cl)cccc5Cl)cc(-c5cccnc5)c4n3)cc2)CC1. The van der Waals surface area contributed by atoms with Gasteiger partial charge in [0.15, 0.2) is 0 Å². The topological polar surface area (TPSA) is 105 Å². The van der Waals surface area contributed by atoms with E-state index in [9.17, 15) is 9.59 Å². The number of amides is 1. The molecule has 5 aromatic rings. The van der Waals surface area contributed by atoms with Crippen LogP contribution in [-0.4, -0.2) is 62.3 Å². The molecule has 0 atom stereocenters. The molecule has 0 saturated carbocycles. The molecule has 0 spiro atoms. The van der Waals surface area contributed by atoms with E-state index in [0.717, 1.165) is 16.9 Å². The monoisotopic (exact) mass is 643 g/mol. The molecule has 230 valence electrons. The molecule has 1 aliphatic heterocycles. The molecule has 2 aromatic carbocycles. The van der Waals surface area contributed by atoms with Crippen molar-refractivity contribution >= 4 is 57.5 Å². The second-order valence-electron chi connectivity index (χ2n) is 11.6. The average Bonchev–Trinajstić information content (AvgIpc) is 3.02. The van der Waals surface area contributed by atoms with Gasteiger partial charge in [0, 0.05) is 73.5 Å². The minimum atomic E-state index is -0.518. The number of carbonyl (C=O) groups excluding carboxylic acids is 1. The first-order chi connectivity index (χ1) is 21.6. The van der Waals surface area contributed by atoms with Gasteiger partial charge in [0.1, 0.15) is 5.60 Å². The summed E-state index contributed by atoms with van der Waals surface area (Å²) in [4.78, 5) is 43.6. The van der Waals surface area contributed by atoms with Crippen LogP contribution in [0.25, 0.3) is 27.7 Å². The molecule has 0 radical (unpaired) electrons. The maximum Gasteiger partial charge on any atom is 0.410 e. The van der Waals surface area contributed by atoms with E-state index in [4.69, 9.17) is 32.9 Å². The van der Waals surface area contributed by atoms with Crippen LogP contribution >= 0.6 is 23.2 Å². The summed E-state index contributed by atoms with van der Waals surface area (Å²) in [6, 6.07) is 16.7. The smallest absolute Gasteiger partial charge is 0.410 e. The maximum atomic E-state index is 13.7. The van der Waals surface area contributed by atoms with Crippen LogP contribution in [0.15, 0.2) is 84.2 Å². The Morgan fingerprint density at radius 3 is 2.29 bits per heavy atom. The average molecular weight is 645 g/mol. The quantitative estimate of drug-likeness (QED) is 0.219. The Balaban J connectivity index is 1.26. The molecular weight excluding hydrogens is 613 g/mol. The third-order valence-corrected chi connectivity index (χ3v) is 7.93. The zero-order valence-corrected chi connectivity index (χ0v) is 26.5. The van der Waals surface area contributed by atoms with Gasteiger partial charge in [0.2, 0.25) is 5.95 Å². The Labute approximate surface area is 270 Å². The lowest BCUT2D eigenvalue weighted by Crippen LogP contribution is -2.50. The number of fused-ring (bicyclic) bond motifs is 1. The summed E-state index contributed by atoms with van der Waals surface area (Å²) >= 11 is 13.0. The van der Waals surface area contributed by atoms with Gasteiger partial charge in [-0.25, -0.2) is 14.8 Å². The van der Waals surface area contributed by atoms with Gasteiger partial charge >= 0.3 is 6.09 Å². The first-order valence-electron chi connectivity index (χ1n) is 14.4. The van der Waals surface area contributed by atoms with Crippen molar-refractivity contribution < 1.29 is 9.53 Å². The third-order valence-electron chi connectivity index (χ3n) is 7.32. The molecule has 0 bridgehead atoms. The number of nitrogens with zero attached hydrogens (tertiary/aromatic N) is 6. The second-order valence-corrected chi connectivity index (χ2v) is 12.4. The number of ether oxygens (including phenoxy) is 1. The van der Waals surface area contributed by atoms with Crippen molar-refractivity contribution in [3.05, 3.63) is 99.8 Å². The van der Waals surface area contributed by atoms with Crippen molar-refractivity contribution in [1.29, 1.82) is 0 Å². The number of hydrogen-bond acceptors (Lipinski definition) is 8. The van der Waals surface area contributed by atoms with Crippen molar-refractivity contribution in [3.8, 4) is 16.8 Å². The van der Waals surface area contributed by atoms with Gasteiger partial charge in [0.25, 0.3) is 5.56 Å². The number of hydrogen-bond donors (Lipinski definition) is 1. The van der Waals surface area contributed by atoms with E-state index in [1.54, 1.807) is 41.7 Å². The number of para-hydroxylation sites is 1. The predicted molar refractivity (Wildman–Crippen MR) is 178 cm³/mol. The third kappa shape index (κ3) is 6.57. The molecule has 0 aliphatic carbocycles. The highest BCUT2D eigenvalue weighted by Crippen LogP contribution is 2.32. The molecule has 1 fully saturated rings. The molecule has 10 nitrogen and oxygen atoms in total. The minimum absolute atomic E-state index is 0.282. The lowest BCUT2D eigenvalue weighted by atomic mass is 10.1. The molecule has 1 amide bonds. The minimum Gasteiger partial charge on any atom is -0.444 e. The normalized spacial score (nSPS) is 13.6. The van der Waals surface area contributed by atoms with E-state index in [-0.39, 0.29) is 11.7 Å². The number of rotatable bonds is 5. The van der Waals surface area contributed by atoms with Crippen molar-refractivity contribution in [3.63, 3.8) is 0 Å². The summed E-state index contributed by atoms with van der Waals surface area (Å²) in [6.07, 6.45) is 6.30. The standard InChI is InChI=1S/C33H31Cl2N7O3/c1-33(2,3)45-32(44)41-16-14-40(15-17-41)23-11-9-22(10-12-23)38-31-37-19-24-28(39-31)25(21-6-5-13-36-18-21)20-42(30(24)43)29-26(34)7-4-8-27(29)35/h4-13,18-20H,14-17H2,1-3H3,(H,37,38,39). The first-order valence-corrected chi connectivity index (χ1v) is 15.2. The van der Waals surface area contributed by atoms with Crippen LogP contribution in [0.3, 0.4) is 0 Å². The summed E-state index contributed by atoms with van der Waals surface area (Å²) in [7, 11) is 0. The van der Waals surface area contributed by atoms with Crippen LogP contribution in [0.2, 0.25) is 10.0 Å². The molecule has 0 unspecified atom stereocenters. The van der Waals surface area contributed by atoms with Crippen LogP contribution in [0.4, 0.5) is 22.1 Å². The molecule has 3 aromatic heterocycles. The van der Waals surface area contributed by atoms with Crippen molar-refractivity contribution in [2.45, 2.75) is 26.4 Å². The fraction of sp³-hybridized carbons (Fsp3) is 0.242. The molecule has 6 rings (SSSR count). The number of piperazine rings is 1. The van der Waals surface area contributed by atoms with E-state index in [2.05, 4.69) is 20.2 Å². The highest BCUT2D eigenvalue weighted by Gasteiger charge is 2.26. The number of aromatic nitrogens is 4. The van der Waals surface area contributed by atoms with Crippen LogP contribution in [0, 0.1) is 0 Å². The first kappa shape index (κ1) is 30.4. The number of pyridine rings is 2. The summed E-state index contributed by atoms with van der Waals surface area (Å²) < 4.78 is 6.94. The number of benzene rings is 2. The van der Waals surface area contributed by atoms with Crippen LogP contribution in [0.5, 0.6) is 0 Å². The summed E-state index contributed by atoms with van der Waals surface area (Å²) in [5.41, 5.74) is 3.23. The van der Waals surface area contributed by atoms with Gasteiger partial charge in [-0.3, -0.25) is 14.3 Å². The van der Waals surface area contributed by atoms with Crippen LogP contribution < -0.4 is 15.8 Å². The number of carbonyl (C=O) groups is 1. The highest BCUT2D eigenvalue weighted by atomic mass is 35.5. The number of anilines is 3. The van der Waals surface area contributed by atoms with E-state index in [1.807, 2.05) is 57.2 Å². The lowest BCUT2D eigenvalue weighted by Gasteiger charge is -2.36. The highest BCUT2D eigenvalue weighted by molar-refractivity contribution is 6.37. The summed E-state index contributed by atoms with van der Waals surface area (Å²) in [5, 5.41) is 4.24. The predicted octanol–water partition coefficient (Wildman–Crippen LogP) is 6.95. The Morgan fingerprint density at radius 1 is 0.933 bits per heavy atom. The lowest BCUT2D eigenvalue weighted by molar-refractivity contribution is 0.0240. The summed E-state index contributed by atoms with van der Waals surface area (Å²) in [5.74, 6) is 0.333.